The first kappa shape index (κ1) is 17.5. The van der Waals surface area contributed by atoms with Crippen LogP contribution in [-0.4, -0.2) is 15.0 Å². The van der Waals surface area contributed by atoms with Gasteiger partial charge in [-0.1, -0.05) is 26.0 Å². The highest BCUT2D eigenvalue weighted by atomic mass is 19.1. The number of nitrogens with zero attached hydrogens (tertiary/aromatic N) is 3. The average Bonchev–Trinajstić information content (AvgIpc) is 2.59. The molecule has 124 valence electrons. The van der Waals surface area contributed by atoms with Crippen LogP contribution in [0, 0.1) is 19.7 Å². The lowest BCUT2D eigenvalue weighted by molar-refractivity contribution is 0.630. The number of halogens is 1. The third-order valence-electron chi connectivity index (χ3n) is 3.25. The third-order valence-corrected chi connectivity index (χ3v) is 3.25. The van der Waals surface area contributed by atoms with Crippen LogP contribution >= 0.6 is 0 Å². The van der Waals surface area contributed by atoms with Crippen LogP contribution < -0.4 is 5.32 Å². The number of rotatable bonds is 3. The number of benzene rings is 1. The van der Waals surface area contributed by atoms with Crippen LogP contribution in [-0.2, 0) is 0 Å². The minimum Gasteiger partial charge on any atom is -0.340 e. The van der Waals surface area contributed by atoms with Gasteiger partial charge in [-0.3, -0.25) is 4.98 Å². The van der Waals surface area contributed by atoms with Gasteiger partial charge < -0.3 is 5.32 Å². The molecule has 2 heterocycles. The molecular weight excluding hydrogens is 303 g/mol. The summed E-state index contributed by atoms with van der Waals surface area (Å²) in [5.41, 5.74) is 3.06. The van der Waals surface area contributed by atoms with Crippen molar-refractivity contribution in [2.24, 2.45) is 0 Å². The van der Waals surface area contributed by atoms with Gasteiger partial charge in [0.15, 0.2) is 5.82 Å². The van der Waals surface area contributed by atoms with Gasteiger partial charge in [0.2, 0.25) is 0 Å². The highest BCUT2D eigenvalue weighted by molar-refractivity contribution is 5.63. The Morgan fingerprint density at radius 2 is 1.75 bits per heavy atom. The van der Waals surface area contributed by atoms with Gasteiger partial charge in [0.05, 0.1) is 5.56 Å². The molecule has 0 aliphatic heterocycles. The quantitative estimate of drug-likeness (QED) is 0.731. The van der Waals surface area contributed by atoms with E-state index in [0.717, 1.165) is 16.9 Å². The Morgan fingerprint density at radius 1 is 1.00 bits per heavy atom. The molecule has 5 heteroatoms. The number of aryl methyl sites for hydroxylation is 2. The lowest BCUT2D eigenvalue weighted by Crippen LogP contribution is -2.01. The Morgan fingerprint density at radius 3 is 2.46 bits per heavy atom. The Labute approximate surface area is 141 Å². The van der Waals surface area contributed by atoms with Gasteiger partial charge in [0.25, 0.3) is 0 Å². The van der Waals surface area contributed by atoms with Crippen molar-refractivity contribution in [1.82, 2.24) is 15.0 Å². The molecule has 0 bridgehead atoms. The van der Waals surface area contributed by atoms with Crippen molar-refractivity contribution in [3.63, 3.8) is 0 Å². The van der Waals surface area contributed by atoms with Crippen molar-refractivity contribution in [1.29, 1.82) is 0 Å². The molecule has 24 heavy (non-hydrogen) atoms. The normalized spacial score (nSPS) is 9.88. The minimum absolute atomic E-state index is 0.336. The molecule has 3 rings (SSSR count). The van der Waals surface area contributed by atoms with E-state index >= 15 is 0 Å². The zero-order chi connectivity index (χ0) is 17.5. The molecule has 0 amide bonds. The number of hydrogen-bond donors (Lipinski definition) is 1. The summed E-state index contributed by atoms with van der Waals surface area (Å²) in [6, 6.07) is 10.3. The van der Waals surface area contributed by atoms with E-state index in [4.69, 9.17) is 0 Å². The molecule has 0 saturated heterocycles. The van der Waals surface area contributed by atoms with Crippen LogP contribution in [0.5, 0.6) is 0 Å². The molecule has 4 nitrogen and oxygen atoms in total. The molecule has 2 aromatic heterocycles. The van der Waals surface area contributed by atoms with E-state index in [0.29, 0.717) is 17.2 Å². The van der Waals surface area contributed by atoms with Gasteiger partial charge in [-0.2, -0.15) is 0 Å². The molecule has 0 spiro atoms. The summed E-state index contributed by atoms with van der Waals surface area (Å²) < 4.78 is 13.9. The number of aromatic nitrogens is 3. The fourth-order valence-corrected chi connectivity index (χ4v) is 2.10. The predicted molar refractivity (Wildman–Crippen MR) is 95.8 cm³/mol. The number of hydrogen-bond acceptors (Lipinski definition) is 4. The molecule has 1 aromatic carbocycles. The topological polar surface area (TPSA) is 50.7 Å². The zero-order valence-electron chi connectivity index (χ0n) is 14.3. The Hall–Kier alpha value is -2.82. The van der Waals surface area contributed by atoms with Crippen molar-refractivity contribution in [2.75, 3.05) is 5.32 Å². The first-order valence-corrected chi connectivity index (χ1v) is 7.92. The van der Waals surface area contributed by atoms with Crippen LogP contribution in [0.3, 0.4) is 0 Å². The van der Waals surface area contributed by atoms with Crippen LogP contribution in [0.1, 0.15) is 25.1 Å². The molecule has 0 saturated carbocycles. The van der Waals surface area contributed by atoms with E-state index < -0.39 is 0 Å². The van der Waals surface area contributed by atoms with Gasteiger partial charge in [-0.15, -0.1) is 0 Å². The highest BCUT2D eigenvalue weighted by Crippen LogP contribution is 2.23. The van der Waals surface area contributed by atoms with E-state index in [2.05, 4.69) is 20.3 Å². The molecule has 0 unspecified atom stereocenters. The van der Waals surface area contributed by atoms with Gasteiger partial charge >= 0.3 is 0 Å². The molecule has 0 aliphatic rings. The van der Waals surface area contributed by atoms with Gasteiger partial charge in [-0.05, 0) is 38.1 Å². The molecule has 0 fully saturated rings. The largest absolute Gasteiger partial charge is 0.340 e. The monoisotopic (exact) mass is 324 g/mol. The van der Waals surface area contributed by atoms with Crippen molar-refractivity contribution in [3.05, 3.63) is 65.9 Å². The van der Waals surface area contributed by atoms with Crippen molar-refractivity contribution < 1.29 is 4.39 Å². The minimum atomic E-state index is -0.336. The van der Waals surface area contributed by atoms with Crippen LogP contribution in [0.2, 0.25) is 0 Å². The summed E-state index contributed by atoms with van der Waals surface area (Å²) in [5, 5.41) is 3.23. The Balaban J connectivity index is 0.00000100. The second-order valence-electron chi connectivity index (χ2n) is 5.02. The summed E-state index contributed by atoms with van der Waals surface area (Å²) in [6.07, 6.45) is 3.41. The second-order valence-corrected chi connectivity index (χ2v) is 5.02. The highest BCUT2D eigenvalue weighted by Gasteiger charge is 2.10. The van der Waals surface area contributed by atoms with Gasteiger partial charge in [0.1, 0.15) is 11.6 Å². The van der Waals surface area contributed by atoms with Crippen molar-refractivity contribution >= 4 is 11.5 Å². The first-order valence-electron chi connectivity index (χ1n) is 7.92. The summed E-state index contributed by atoms with van der Waals surface area (Å²) in [6.45, 7) is 7.82. The van der Waals surface area contributed by atoms with Crippen molar-refractivity contribution in [3.8, 4) is 11.4 Å². The smallest absolute Gasteiger partial charge is 0.164 e. The predicted octanol–water partition coefficient (Wildman–Crippen LogP) is 5.06. The molecule has 0 radical (unpaired) electrons. The van der Waals surface area contributed by atoms with Crippen LogP contribution in [0.25, 0.3) is 11.4 Å². The average molecular weight is 324 g/mol. The molecule has 0 aliphatic carbocycles. The Kier molecular flexibility index (Phi) is 5.95. The molecule has 3 aromatic rings. The first-order chi connectivity index (χ1) is 11.6. The van der Waals surface area contributed by atoms with E-state index in [1.807, 2.05) is 39.8 Å². The van der Waals surface area contributed by atoms with Gasteiger partial charge in [-0.25, -0.2) is 14.4 Å². The lowest BCUT2D eigenvalue weighted by Gasteiger charge is -2.10. The zero-order valence-corrected chi connectivity index (χ0v) is 14.3. The molecule has 0 atom stereocenters. The molecule has 1 N–H and O–H groups in total. The maximum absolute atomic E-state index is 13.9. The summed E-state index contributed by atoms with van der Waals surface area (Å²) >= 11 is 0. The van der Waals surface area contributed by atoms with E-state index in [9.17, 15) is 4.39 Å². The summed E-state index contributed by atoms with van der Waals surface area (Å²) in [5.74, 6) is 0.674. The maximum Gasteiger partial charge on any atom is 0.164 e. The fraction of sp³-hybridized carbons (Fsp3) is 0.211. The lowest BCUT2D eigenvalue weighted by atomic mass is 10.2. The summed E-state index contributed by atoms with van der Waals surface area (Å²) in [7, 11) is 0. The maximum atomic E-state index is 13.9. The van der Waals surface area contributed by atoms with E-state index in [1.165, 1.54) is 6.07 Å². The van der Waals surface area contributed by atoms with Gasteiger partial charge in [0, 0.05) is 29.3 Å². The van der Waals surface area contributed by atoms with Crippen LogP contribution in [0.15, 0.2) is 48.8 Å². The SMILES string of the molecule is CC.Cc1cc(Nc2nc(-c3ccccc3F)ncc2C)ccn1. The number of nitrogens with one attached hydrogen (secondary N) is 1. The second kappa shape index (κ2) is 8.15. The Bertz CT molecular complexity index is 818. The standard InChI is InChI=1S/C17H15FN4.C2H6/c1-11-10-20-17(14-5-3-4-6-15(14)18)22-16(11)21-13-7-8-19-12(2)9-13;1-2/h3-10H,1-2H3,(H,19,20,21,22);1-2H3. The third kappa shape index (κ3) is 4.13. The molecular formula is C19H21FN4. The number of anilines is 2. The van der Waals surface area contributed by atoms with E-state index in [-0.39, 0.29) is 5.82 Å². The van der Waals surface area contributed by atoms with E-state index in [1.54, 1.807) is 30.6 Å². The number of pyridine rings is 1. The summed E-state index contributed by atoms with van der Waals surface area (Å²) in [4.78, 5) is 12.8. The van der Waals surface area contributed by atoms with Crippen LogP contribution in [0.4, 0.5) is 15.9 Å². The van der Waals surface area contributed by atoms with Crippen molar-refractivity contribution in [2.45, 2.75) is 27.7 Å². The fourth-order valence-electron chi connectivity index (χ4n) is 2.10.